The summed E-state index contributed by atoms with van der Waals surface area (Å²) < 4.78 is 16.3. The van der Waals surface area contributed by atoms with Crippen molar-refractivity contribution in [3.63, 3.8) is 0 Å². The molecule has 0 amide bonds. The minimum absolute atomic E-state index is 0.442. The van der Waals surface area contributed by atoms with Crippen molar-refractivity contribution < 1.29 is 14.2 Å². The van der Waals surface area contributed by atoms with Crippen molar-refractivity contribution in [1.29, 1.82) is 0 Å². The highest BCUT2D eigenvalue weighted by Gasteiger charge is 2.25. The van der Waals surface area contributed by atoms with E-state index in [4.69, 9.17) is 24.9 Å². The number of methoxy groups -OCH3 is 3. The molecular formula is C22H26N4O3. The van der Waals surface area contributed by atoms with Crippen LogP contribution in [0, 0.1) is 0 Å². The van der Waals surface area contributed by atoms with Crippen LogP contribution in [0.2, 0.25) is 0 Å². The van der Waals surface area contributed by atoms with Gasteiger partial charge in [-0.3, -0.25) is 0 Å². The van der Waals surface area contributed by atoms with E-state index in [0.717, 1.165) is 42.6 Å². The molecule has 1 fully saturated rings. The summed E-state index contributed by atoms with van der Waals surface area (Å²) in [6.07, 6.45) is 2.02. The lowest BCUT2D eigenvalue weighted by Gasteiger charge is -2.33. The quantitative estimate of drug-likeness (QED) is 0.708. The predicted molar refractivity (Wildman–Crippen MR) is 114 cm³/mol. The molecule has 152 valence electrons. The zero-order valence-electron chi connectivity index (χ0n) is 17.0. The summed E-state index contributed by atoms with van der Waals surface area (Å²) in [5.74, 6) is 3.75. The first kappa shape index (κ1) is 19.1. The van der Waals surface area contributed by atoms with Gasteiger partial charge in [-0.05, 0) is 36.5 Å². The number of nitrogen functional groups attached to an aromatic ring is 1. The van der Waals surface area contributed by atoms with Crippen molar-refractivity contribution in [2.75, 3.05) is 45.1 Å². The van der Waals surface area contributed by atoms with E-state index >= 15 is 0 Å². The molecule has 2 N–H and O–H groups in total. The van der Waals surface area contributed by atoms with Crippen LogP contribution in [-0.4, -0.2) is 44.4 Å². The minimum Gasteiger partial charge on any atom is -0.496 e. The second-order valence-corrected chi connectivity index (χ2v) is 7.14. The number of nitrogens with two attached hydrogens (primary N) is 1. The van der Waals surface area contributed by atoms with E-state index in [-0.39, 0.29) is 0 Å². The Hall–Kier alpha value is -3.22. The maximum atomic E-state index is 6.24. The van der Waals surface area contributed by atoms with Gasteiger partial charge >= 0.3 is 0 Å². The van der Waals surface area contributed by atoms with Gasteiger partial charge < -0.3 is 24.8 Å². The number of hydrogen-bond acceptors (Lipinski definition) is 7. The summed E-state index contributed by atoms with van der Waals surface area (Å²) in [5, 5.41) is 0.760. The third-order valence-corrected chi connectivity index (χ3v) is 5.58. The molecule has 0 atom stereocenters. The number of rotatable bonds is 5. The first-order valence-electron chi connectivity index (χ1n) is 9.71. The van der Waals surface area contributed by atoms with Crippen LogP contribution in [0.4, 0.5) is 11.8 Å². The molecule has 0 spiro atoms. The predicted octanol–water partition coefficient (Wildman–Crippen LogP) is 3.62. The highest BCUT2D eigenvalue weighted by atomic mass is 16.5. The lowest BCUT2D eigenvalue weighted by atomic mass is 9.89. The summed E-state index contributed by atoms with van der Waals surface area (Å²) in [7, 11) is 4.93. The highest BCUT2D eigenvalue weighted by Crippen LogP contribution is 2.37. The van der Waals surface area contributed by atoms with E-state index < -0.39 is 0 Å². The third-order valence-electron chi connectivity index (χ3n) is 5.58. The summed E-state index contributed by atoms with van der Waals surface area (Å²) in [6.45, 7) is 1.72. The maximum Gasteiger partial charge on any atom is 0.227 e. The molecule has 4 rings (SSSR count). The Bertz CT molecular complexity index is 1020. The van der Waals surface area contributed by atoms with Gasteiger partial charge in [0.2, 0.25) is 5.95 Å². The van der Waals surface area contributed by atoms with Gasteiger partial charge in [-0.25, -0.2) is 4.98 Å². The van der Waals surface area contributed by atoms with Crippen LogP contribution in [0.5, 0.6) is 17.2 Å². The molecule has 2 aromatic carbocycles. The third kappa shape index (κ3) is 3.60. The van der Waals surface area contributed by atoms with Gasteiger partial charge in [-0.1, -0.05) is 18.2 Å². The molecule has 1 aliphatic rings. The summed E-state index contributed by atoms with van der Waals surface area (Å²) in [5.41, 5.74) is 8.26. The first-order chi connectivity index (χ1) is 14.1. The molecule has 7 nitrogen and oxygen atoms in total. The van der Waals surface area contributed by atoms with Crippen LogP contribution in [0.1, 0.15) is 24.3 Å². The van der Waals surface area contributed by atoms with Crippen molar-refractivity contribution >= 4 is 22.7 Å². The highest BCUT2D eigenvalue weighted by molar-refractivity contribution is 5.91. The van der Waals surface area contributed by atoms with Gasteiger partial charge in [0.05, 0.1) is 26.8 Å². The van der Waals surface area contributed by atoms with Crippen molar-refractivity contribution in [2.24, 2.45) is 0 Å². The van der Waals surface area contributed by atoms with E-state index in [1.807, 2.05) is 24.3 Å². The largest absolute Gasteiger partial charge is 0.496 e. The molecule has 3 aromatic rings. The smallest absolute Gasteiger partial charge is 0.227 e. The van der Waals surface area contributed by atoms with Crippen LogP contribution in [0.25, 0.3) is 10.9 Å². The van der Waals surface area contributed by atoms with Gasteiger partial charge in [0, 0.05) is 24.5 Å². The Morgan fingerprint density at radius 3 is 2.24 bits per heavy atom. The van der Waals surface area contributed by atoms with E-state index in [2.05, 4.69) is 22.0 Å². The number of ether oxygens (including phenoxy) is 3. The van der Waals surface area contributed by atoms with Crippen LogP contribution in [-0.2, 0) is 0 Å². The van der Waals surface area contributed by atoms with Crippen molar-refractivity contribution in [2.45, 2.75) is 18.8 Å². The lowest BCUT2D eigenvalue weighted by Crippen LogP contribution is -2.34. The van der Waals surface area contributed by atoms with E-state index in [1.54, 1.807) is 21.3 Å². The molecule has 0 radical (unpaired) electrons. The number of fused-ring (bicyclic) bond motifs is 1. The zero-order chi connectivity index (χ0) is 20.4. The first-order valence-corrected chi connectivity index (χ1v) is 9.71. The molecule has 1 aliphatic heterocycles. The lowest BCUT2D eigenvalue weighted by molar-refractivity contribution is 0.356. The Labute approximate surface area is 170 Å². The number of benzene rings is 2. The van der Waals surface area contributed by atoms with Crippen LogP contribution < -0.4 is 24.8 Å². The average Bonchev–Trinajstić information content (AvgIpc) is 2.78. The number of piperidine rings is 1. The summed E-state index contributed by atoms with van der Waals surface area (Å²) in [4.78, 5) is 11.5. The summed E-state index contributed by atoms with van der Waals surface area (Å²) >= 11 is 0. The van der Waals surface area contributed by atoms with E-state index in [1.165, 1.54) is 5.56 Å². The van der Waals surface area contributed by atoms with Crippen LogP contribution in [0.15, 0.2) is 36.4 Å². The van der Waals surface area contributed by atoms with Crippen LogP contribution >= 0.6 is 0 Å². The SMILES string of the molecule is COc1cc2nc(N3CCC(c4ccccc4OC)CC3)nc(N)c2cc1OC. The Morgan fingerprint density at radius 1 is 0.897 bits per heavy atom. The van der Waals surface area contributed by atoms with Gasteiger partial charge in [-0.15, -0.1) is 0 Å². The molecule has 0 unspecified atom stereocenters. The van der Waals surface area contributed by atoms with Gasteiger partial charge in [0.25, 0.3) is 0 Å². The average molecular weight is 394 g/mol. The fourth-order valence-corrected chi connectivity index (χ4v) is 4.00. The fraction of sp³-hybridized carbons (Fsp3) is 0.364. The molecule has 1 saturated heterocycles. The molecule has 7 heteroatoms. The van der Waals surface area contributed by atoms with Gasteiger partial charge in [-0.2, -0.15) is 4.98 Å². The second kappa shape index (κ2) is 8.03. The van der Waals surface area contributed by atoms with Gasteiger partial charge in [0.1, 0.15) is 11.6 Å². The zero-order valence-corrected chi connectivity index (χ0v) is 17.0. The Morgan fingerprint density at radius 2 is 1.55 bits per heavy atom. The minimum atomic E-state index is 0.442. The summed E-state index contributed by atoms with van der Waals surface area (Å²) in [6, 6.07) is 11.9. The molecule has 0 bridgehead atoms. The van der Waals surface area contributed by atoms with E-state index in [0.29, 0.717) is 29.2 Å². The topological polar surface area (TPSA) is 82.7 Å². The molecule has 0 aliphatic carbocycles. The maximum absolute atomic E-state index is 6.24. The number of hydrogen-bond donors (Lipinski definition) is 1. The number of nitrogens with zero attached hydrogens (tertiary/aromatic N) is 3. The second-order valence-electron chi connectivity index (χ2n) is 7.14. The van der Waals surface area contributed by atoms with E-state index in [9.17, 15) is 0 Å². The molecule has 1 aromatic heterocycles. The Balaban J connectivity index is 1.58. The van der Waals surface area contributed by atoms with Gasteiger partial charge in [0.15, 0.2) is 11.5 Å². The normalized spacial score (nSPS) is 14.8. The Kier molecular flexibility index (Phi) is 5.29. The number of anilines is 2. The number of para-hydroxylation sites is 1. The van der Waals surface area contributed by atoms with Crippen molar-refractivity contribution in [1.82, 2.24) is 9.97 Å². The molecular weight excluding hydrogens is 368 g/mol. The molecule has 0 saturated carbocycles. The van der Waals surface area contributed by atoms with Crippen LogP contribution in [0.3, 0.4) is 0 Å². The fourth-order valence-electron chi connectivity index (χ4n) is 4.00. The molecule has 2 heterocycles. The number of aromatic nitrogens is 2. The standard InChI is InChI=1S/C22H26N4O3/c1-27-18-7-5-4-6-15(18)14-8-10-26(11-9-14)22-24-17-13-20(29-3)19(28-2)12-16(17)21(23)25-22/h4-7,12-14H,8-11H2,1-3H3,(H2,23,24,25). The molecule has 29 heavy (non-hydrogen) atoms. The van der Waals surface area contributed by atoms with Crippen molar-refractivity contribution in [3.05, 3.63) is 42.0 Å². The van der Waals surface area contributed by atoms with Crippen molar-refractivity contribution in [3.8, 4) is 17.2 Å². The monoisotopic (exact) mass is 394 g/mol.